The van der Waals surface area contributed by atoms with Gasteiger partial charge in [-0.1, -0.05) is 12.1 Å². The number of rotatable bonds is 4. The summed E-state index contributed by atoms with van der Waals surface area (Å²) in [4.78, 5) is 14.8. The van der Waals surface area contributed by atoms with Gasteiger partial charge in [0.25, 0.3) is 0 Å². The lowest BCUT2D eigenvalue weighted by Crippen LogP contribution is -2.21. The number of carbonyl (C=O) groups excluding carboxylic acids is 1. The monoisotopic (exact) mass is 231 g/mol. The van der Waals surface area contributed by atoms with Crippen molar-refractivity contribution in [3.05, 3.63) is 29.8 Å². The molecular weight excluding hydrogens is 222 g/mol. The third-order valence-electron chi connectivity index (χ3n) is 1.84. The van der Waals surface area contributed by atoms with Crippen molar-refractivity contribution in [2.75, 3.05) is 0 Å². The highest BCUT2D eigenvalue weighted by atomic mass is 32.1. The lowest BCUT2D eigenvalue weighted by molar-refractivity contribution is -0.120. The fraction of sp³-hybridized carbons (Fsp3) is 0.182. The van der Waals surface area contributed by atoms with Crippen LogP contribution >= 0.6 is 12.2 Å². The number of carbonyl (C=O) groups is 1. The summed E-state index contributed by atoms with van der Waals surface area (Å²) >= 11 is 4.48. The van der Waals surface area contributed by atoms with Gasteiger partial charge in [-0.3, -0.25) is 4.79 Å². The number of nitrogens with zero attached hydrogens (tertiary/aromatic N) is 2. The Kier molecular flexibility index (Phi) is 4.87. The molecule has 0 aliphatic heterocycles. The molecule has 1 amide bonds. The van der Waals surface area contributed by atoms with Crippen molar-refractivity contribution in [3.8, 4) is 6.07 Å². The number of aliphatic imine (C=N–C) groups is 1. The number of benzene rings is 1. The molecule has 1 aromatic carbocycles. The van der Waals surface area contributed by atoms with E-state index in [9.17, 15) is 4.79 Å². The predicted octanol–water partition coefficient (Wildman–Crippen LogP) is 1.95. The maximum Gasteiger partial charge on any atom is 0.234 e. The maximum absolute atomic E-state index is 11.0. The first-order valence-corrected chi connectivity index (χ1v) is 4.97. The summed E-state index contributed by atoms with van der Waals surface area (Å²) in [6, 6.07) is 9.01. The van der Waals surface area contributed by atoms with Gasteiger partial charge in [0.15, 0.2) is 0 Å². The molecule has 5 heteroatoms. The van der Waals surface area contributed by atoms with Crippen LogP contribution in [0.3, 0.4) is 0 Å². The Labute approximate surface area is 98.6 Å². The second-order valence-electron chi connectivity index (χ2n) is 2.98. The van der Waals surface area contributed by atoms with Gasteiger partial charge in [-0.05, 0) is 29.9 Å². The number of nitriles is 1. The number of nitrogens with one attached hydrogen (secondary N) is 1. The third kappa shape index (κ3) is 4.01. The summed E-state index contributed by atoms with van der Waals surface area (Å²) in [5.74, 6) is -0.275. The van der Waals surface area contributed by atoms with Gasteiger partial charge in [0.2, 0.25) is 5.91 Å². The maximum atomic E-state index is 11.0. The molecule has 1 rings (SSSR count). The smallest absolute Gasteiger partial charge is 0.234 e. The molecule has 0 aliphatic carbocycles. The van der Waals surface area contributed by atoms with E-state index in [0.29, 0.717) is 6.54 Å². The first-order chi connectivity index (χ1) is 7.76. The van der Waals surface area contributed by atoms with Crippen molar-refractivity contribution in [1.29, 1.82) is 5.26 Å². The quantitative estimate of drug-likeness (QED) is 0.636. The van der Waals surface area contributed by atoms with E-state index in [2.05, 4.69) is 27.7 Å². The molecule has 0 fully saturated rings. The number of hydrogen-bond acceptors (Lipinski definition) is 4. The highest BCUT2D eigenvalue weighted by Crippen LogP contribution is 2.11. The molecule has 1 N–H and O–H groups in total. The van der Waals surface area contributed by atoms with E-state index in [-0.39, 0.29) is 12.3 Å². The summed E-state index contributed by atoms with van der Waals surface area (Å²) in [5.41, 5.74) is 1.66. The Morgan fingerprint density at radius 1 is 1.44 bits per heavy atom. The Hall–Kier alpha value is -2.02. The zero-order valence-electron chi connectivity index (χ0n) is 8.43. The van der Waals surface area contributed by atoms with E-state index < -0.39 is 0 Å². The fourth-order valence-electron chi connectivity index (χ4n) is 1.08. The molecule has 0 saturated heterocycles. The Balaban J connectivity index is 2.53. The number of amides is 1. The summed E-state index contributed by atoms with van der Waals surface area (Å²) in [5, 5.41) is 13.2. The van der Waals surface area contributed by atoms with Gasteiger partial charge in [0.05, 0.1) is 16.9 Å². The topological polar surface area (TPSA) is 65.2 Å². The van der Waals surface area contributed by atoms with Gasteiger partial charge in [0, 0.05) is 6.54 Å². The molecule has 16 heavy (non-hydrogen) atoms. The zero-order chi connectivity index (χ0) is 11.8. The molecule has 0 heterocycles. The van der Waals surface area contributed by atoms with Crippen LogP contribution in [0.5, 0.6) is 0 Å². The largest absolute Gasteiger partial charge is 0.351 e. The van der Waals surface area contributed by atoms with Crippen molar-refractivity contribution in [1.82, 2.24) is 5.32 Å². The van der Waals surface area contributed by atoms with Crippen LogP contribution in [0.1, 0.15) is 12.0 Å². The molecule has 0 spiro atoms. The van der Waals surface area contributed by atoms with Crippen LogP contribution in [0.2, 0.25) is 0 Å². The van der Waals surface area contributed by atoms with Crippen molar-refractivity contribution in [2.45, 2.75) is 13.0 Å². The van der Waals surface area contributed by atoms with Crippen LogP contribution in [-0.4, -0.2) is 11.1 Å². The molecule has 80 valence electrons. The van der Waals surface area contributed by atoms with Gasteiger partial charge in [0.1, 0.15) is 6.42 Å². The van der Waals surface area contributed by atoms with Gasteiger partial charge >= 0.3 is 0 Å². The minimum absolute atomic E-state index is 0.118. The van der Waals surface area contributed by atoms with Gasteiger partial charge in [-0.2, -0.15) is 10.3 Å². The van der Waals surface area contributed by atoms with Crippen LogP contribution < -0.4 is 5.32 Å². The molecular formula is C11H9N3OS. The lowest BCUT2D eigenvalue weighted by Gasteiger charge is -2.02. The summed E-state index contributed by atoms with van der Waals surface area (Å²) in [6.45, 7) is 0.405. The number of hydrogen-bond donors (Lipinski definition) is 1. The van der Waals surface area contributed by atoms with Crippen LogP contribution in [0.15, 0.2) is 29.3 Å². The minimum atomic E-state index is -0.275. The third-order valence-corrected chi connectivity index (χ3v) is 1.93. The standard InChI is InChI=1S/C11H9N3OS/c12-6-5-11(15)13-7-9-1-3-10(4-2-9)14-8-16/h1-4H,5,7H2,(H,13,15). The van der Waals surface area contributed by atoms with E-state index in [0.717, 1.165) is 11.3 Å². The Morgan fingerprint density at radius 2 is 2.12 bits per heavy atom. The summed E-state index contributed by atoms with van der Waals surface area (Å²) < 4.78 is 0. The van der Waals surface area contributed by atoms with Crippen LogP contribution in [0.4, 0.5) is 5.69 Å². The van der Waals surface area contributed by atoms with E-state index in [1.54, 1.807) is 18.2 Å². The highest BCUT2D eigenvalue weighted by Gasteiger charge is 1.99. The molecule has 0 bridgehead atoms. The Morgan fingerprint density at radius 3 is 2.69 bits per heavy atom. The Bertz CT molecular complexity index is 455. The first-order valence-electron chi connectivity index (χ1n) is 4.56. The SMILES string of the molecule is N#CCC(=O)NCc1ccc(N=C=S)cc1. The fourth-order valence-corrected chi connectivity index (χ4v) is 1.18. The number of thiocarbonyl (C=S) groups is 1. The van der Waals surface area contributed by atoms with Crippen molar-refractivity contribution >= 4 is 29.0 Å². The van der Waals surface area contributed by atoms with E-state index >= 15 is 0 Å². The van der Waals surface area contributed by atoms with Crippen LogP contribution in [0, 0.1) is 11.3 Å². The molecule has 0 aromatic heterocycles. The second kappa shape index (κ2) is 6.46. The van der Waals surface area contributed by atoms with Crippen LogP contribution in [0.25, 0.3) is 0 Å². The van der Waals surface area contributed by atoms with Gasteiger partial charge in [-0.15, -0.1) is 0 Å². The van der Waals surface area contributed by atoms with E-state index in [1.165, 1.54) is 0 Å². The molecule has 0 saturated carbocycles. The van der Waals surface area contributed by atoms with Gasteiger partial charge in [-0.25, -0.2) is 0 Å². The molecule has 4 nitrogen and oxygen atoms in total. The first kappa shape index (κ1) is 12.1. The number of isothiocyanates is 1. The normalized spacial score (nSPS) is 8.69. The minimum Gasteiger partial charge on any atom is -0.351 e. The van der Waals surface area contributed by atoms with Gasteiger partial charge < -0.3 is 5.32 Å². The lowest BCUT2D eigenvalue weighted by atomic mass is 10.2. The average molecular weight is 231 g/mol. The molecule has 1 aromatic rings. The predicted molar refractivity (Wildman–Crippen MR) is 63.2 cm³/mol. The van der Waals surface area contributed by atoms with E-state index in [4.69, 9.17) is 5.26 Å². The molecule has 0 unspecified atom stereocenters. The van der Waals surface area contributed by atoms with E-state index in [1.807, 2.05) is 12.1 Å². The molecule has 0 atom stereocenters. The summed E-state index contributed by atoms with van der Waals surface area (Å²) in [6.07, 6.45) is -0.118. The average Bonchev–Trinajstić information content (AvgIpc) is 2.29. The molecule has 0 radical (unpaired) electrons. The second-order valence-corrected chi connectivity index (χ2v) is 3.16. The molecule has 0 aliphatic rings. The van der Waals surface area contributed by atoms with Crippen molar-refractivity contribution in [3.63, 3.8) is 0 Å². The highest BCUT2D eigenvalue weighted by molar-refractivity contribution is 7.78. The zero-order valence-corrected chi connectivity index (χ0v) is 9.25. The summed E-state index contributed by atoms with van der Waals surface area (Å²) in [7, 11) is 0. The van der Waals surface area contributed by atoms with Crippen molar-refractivity contribution < 1.29 is 4.79 Å². The van der Waals surface area contributed by atoms with Crippen LogP contribution in [-0.2, 0) is 11.3 Å². The van der Waals surface area contributed by atoms with Crippen molar-refractivity contribution in [2.24, 2.45) is 4.99 Å².